The van der Waals surface area contributed by atoms with Gasteiger partial charge in [0, 0.05) is 19.0 Å². The Balaban J connectivity index is 2.64. The van der Waals surface area contributed by atoms with Crippen molar-refractivity contribution in [2.45, 2.75) is 20.3 Å². The fraction of sp³-hybridized carbons (Fsp3) is 0.400. The maximum absolute atomic E-state index is 10.9. The fourth-order valence-corrected chi connectivity index (χ4v) is 1.48. The van der Waals surface area contributed by atoms with Crippen molar-refractivity contribution in [1.82, 2.24) is 19.6 Å². The molecule has 0 spiro atoms. The van der Waals surface area contributed by atoms with Gasteiger partial charge in [0.25, 0.3) is 5.78 Å². The molecule has 0 bridgehead atoms. The number of nitrogens with zero attached hydrogens (tertiary/aromatic N) is 4. The third kappa shape index (κ3) is 2.03. The highest BCUT2D eigenvalue weighted by Crippen LogP contribution is 2.12. The highest BCUT2D eigenvalue weighted by Gasteiger charge is 2.13. The number of hydrogen-bond acceptors (Lipinski definition) is 5. The van der Waals surface area contributed by atoms with Crippen LogP contribution < -0.4 is 5.32 Å². The standard InChI is InChI=1S/C10H13N5O2/c1-3-7-13-10-12-6(9(16)17)5-8(11-4-2)15(10)14-7/h5,11H,3-4H2,1-2H3,(H,16,17). The fourth-order valence-electron chi connectivity index (χ4n) is 1.48. The molecule has 17 heavy (non-hydrogen) atoms. The Labute approximate surface area is 97.5 Å². The van der Waals surface area contributed by atoms with Gasteiger partial charge in [-0.15, -0.1) is 5.10 Å². The van der Waals surface area contributed by atoms with Gasteiger partial charge >= 0.3 is 5.97 Å². The lowest BCUT2D eigenvalue weighted by atomic mass is 10.4. The van der Waals surface area contributed by atoms with E-state index in [1.807, 2.05) is 13.8 Å². The van der Waals surface area contributed by atoms with Gasteiger partial charge in [-0.25, -0.2) is 9.78 Å². The molecular formula is C10H13N5O2. The number of aromatic carboxylic acids is 1. The SMILES string of the molecule is CCNc1cc(C(=O)O)nc2nc(CC)nn12. The smallest absolute Gasteiger partial charge is 0.354 e. The van der Waals surface area contributed by atoms with Gasteiger partial charge in [-0.2, -0.15) is 9.50 Å². The molecule has 0 aliphatic carbocycles. The Kier molecular flexibility index (Phi) is 2.90. The Hall–Kier alpha value is -2.18. The van der Waals surface area contributed by atoms with Gasteiger partial charge in [-0.1, -0.05) is 6.92 Å². The van der Waals surface area contributed by atoms with E-state index in [9.17, 15) is 4.79 Å². The van der Waals surface area contributed by atoms with Crippen LogP contribution in [0.5, 0.6) is 0 Å². The number of rotatable bonds is 4. The number of fused-ring (bicyclic) bond motifs is 1. The topological polar surface area (TPSA) is 92.4 Å². The second-order valence-electron chi connectivity index (χ2n) is 3.46. The molecule has 0 atom stereocenters. The van der Waals surface area contributed by atoms with Crippen LogP contribution in [0.15, 0.2) is 6.07 Å². The second-order valence-corrected chi connectivity index (χ2v) is 3.46. The lowest BCUT2D eigenvalue weighted by molar-refractivity contribution is 0.0690. The maximum atomic E-state index is 10.9. The van der Waals surface area contributed by atoms with Gasteiger partial charge in [0.2, 0.25) is 0 Å². The lowest BCUT2D eigenvalue weighted by Gasteiger charge is -2.05. The van der Waals surface area contributed by atoms with E-state index in [0.29, 0.717) is 30.4 Å². The zero-order chi connectivity index (χ0) is 12.4. The highest BCUT2D eigenvalue weighted by molar-refractivity contribution is 5.86. The van der Waals surface area contributed by atoms with Crippen LogP contribution in [0.2, 0.25) is 0 Å². The van der Waals surface area contributed by atoms with Crippen molar-refractivity contribution in [2.24, 2.45) is 0 Å². The van der Waals surface area contributed by atoms with Crippen molar-refractivity contribution in [2.75, 3.05) is 11.9 Å². The zero-order valence-corrected chi connectivity index (χ0v) is 9.64. The zero-order valence-electron chi connectivity index (χ0n) is 9.64. The monoisotopic (exact) mass is 235 g/mol. The number of hydrogen-bond donors (Lipinski definition) is 2. The predicted molar refractivity (Wildman–Crippen MR) is 61.3 cm³/mol. The molecule has 7 heteroatoms. The van der Waals surface area contributed by atoms with E-state index in [4.69, 9.17) is 5.11 Å². The van der Waals surface area contributed by atoms with Crippen LogP contribution in [0.1, 0.15) is 30.2 Å². The summed E-state index contributed by atoms with van der Waals surface area (Å²) in [5, 5.41) is 16.2. The van der Waals surface area contributed by atoms with E-state index < -0.39 is 5.97 Å². The summed E-state index contributed by atoms with van der Waals surface area (Å²) in [4.78, 5) is 19.0. The van der Waals surface area contributed by atoms with Crippen LogP contribution in [0.3, 0.4) is 0 Å². The molecule has 2 rings (SSSR count). The largest absolute Gasteiger partial charge is 0.477 e. The number of carboxylic acid groups (broad SMARTS) is 1. The molecule has 2 aromatic heterocycles. The summed E-state index contributed by atoms with van der Waals surface area (Å²) in [5.41, 5.74) is -0.0384. The van der Waals surface area contributed by atoms with Crippen molar-refractivity contribution in [3.05, 3.63) is 17.6 Å². The third-order valence-corrected chi connectivity index (χ3v) is 2.25. The van der Waals surface area contributed by atoms with E-state index in [1.165, 1.54) is 10.6 Å². The van der Waals surface area contributed by atoms with Gasteiger partial charge < -0.3 is 10.4 Å². The van der Waals surface area contributed by atoms with E-state index in [0.717, 1.165) is 0 Å². The first-order chi connectivity index (χ1) is 8.15. The summed E-state index contributed by atoms with van der Waals surface area (Å²) in [6.45, 7) is 4.52. The molecule has 90 valence electrons. The molecule has 2 heterocycles. The lowest BCUT2D eigenvalue weighted by Crippen LogP contribution is -2.09. The summed E-state index contributed by atoms with van der Waals surface area (Å²) in [6, 6.07) is 1.45. The van der Waals surface area contributed by atoms with Crippen LogP contribution in [-0.2, 0) is 6.42 Å². The average molecular weight is 235 g/mol. The molecule has 7 nitrogen and oxygen atoms in total. The number of carbonyl (C=O) groups is 1. The Morgan fingerprint density at radius 2 is 2.24 bits per heavy atom. The van der Waals surface area contributed by atoms with E-state index in [1.54, 1.807) is 0 Å². The number of anilines is 1. The number of nitrogens with one attached hydrogen (secondary N) is 1. The Morgan fingerprint density at radius 3 is 2.82 bits per heavy atom. The predicted octanol–water partition coefficient (Wildman–Crippen LogP) is 0.817. The Morgan fingerprint density at radius 1 is 1.47 bits per heavy atom. The number of aryl methyl sites for hydroxylation is 1. The number of carboxylic acids is 1. The molecule has 0 aliphatic heterocycles. The first-order valence-electron chi connectivity index (χ1n) is 5.39. The molecular weight excluding hydrogens is 222 g/mol. The van der Waals surface area contributed by atoms with Gasteiger partial charge in [0.05, 0.1) is 0 Å². The first kappa shape index (κ1) is 11.3. The van der Waals surface area contributed by atoms with Gasteiger partial charge in [-0.05, 0) is 6.92 Å². The van der Waals surface area contributed by atoms with Crippen LogP contribution in [-0.4, -0.2) is 37.2 Å². The maximum Gasteiger partial charge on any atom is 0.354 e. The van der Waals surface area contributed by atoms with Crippen LogP contribution in [0, 0.1) is 0 Å². The van der Waals surface area contributed by atoms with E-state index in [-0.39, 0.29) is 5.69 Å². The van der Waals surface area contributed by atoms with Crippen molar-refractivity contribution in [3.8, 4) is 0 Å². The summed E-state index contributed by atoms with van der Waals surface area (Å²) in [5.74, 6) is 0.451. The minimum Gasteiger partial charge on any atom is -0.477 e. The molecule has 0 aliphatic rings. The number of aromatic nitrogens is 4. The summed E-state index contributed by atoms with van der Waals surface area (Å²) in [6.07, 6.45) is 0.678. The molecule has 0 unspecified atom stereocenters. The van der Waals surface area contributed by atoms with Gasteiger partial charge in [0.15, 0.2) is 11.5 Å². The molecule has 2 aromatic rings. The highest BCUT2D eigenvalue weighted by atomic mass is 16.4. The van der Waals surface area contributed by atoms with Crippen LogP contribution in [0.4, 0.5) is 5.82 Å². The van der Waals surface area contributed by atoms with Gasteiger partial charge in [0.1, 0.15) is 5.82 Å². The summed E-state index contributed by atoms with van der Waals surface area (Å²) in [7, 11) is 0. The quantitative estimate of drug-likeness (QED) is 0.814. The molecule has 0 amide bonds. The molecule has 0 fully saturated rings. The van der Waals surface area contributed by atoms with Crippen molar-refractivity contribution in [3.63, 3.8) is 0 Å². The second kappa shape index (κ2) is 4.36. The normalized spacial score (nSPS) is 10.7. The molecule has 0 aromatic carbocycles. The van der Waals surface area contributed by atoms with Crippen LogP contribution in [0.25, 0.3) is 5.78 Å². The Bertz CT molecular complexity index is 563. The third-order valence-electron chi connectivity index (χ3n) is 2.25. The molecule has 0 radical (unpaired) electrons. The van der Waals surface area contributed by atoms with Crippen LogP contribution >= 0.6 is 0 Å². The summed E-state index contributed by atoms with van der Waals surface area (Å²) >= 11 is 0. The van der Waals surface area contributed by atoms with Crippen molar-refractivity contribution in [1.29, 1.82) is 0 Å². The molecule has 0 saturated carbocycles. The van der Waals surface area contributed by atoms with Gasteiger partial charge in [-0.3, -0.25) is 0 Å². The van der Waals surface area contributed by atoms with Crippen molar-refractivity contribution < 1.29 is 9.90 Å². The molecule has 2 N–H and O–H groups in total. The first-order valence-corrected chi connectivity index (χ1v) is 5.39. The summed E-state index contributed by atoms with van der Waals surface area (Å²) < 4.78 is 1.52. The minimum atomic E-state index is -1.08. The average Bonchev–Trinajstić information content (AvgIpc) is 2.72. The molecule has 0 saturated heterocycles. The van der Waals surface area contributed by atoms with E-state index >= 15 is 0 Å². The van der Waals surface area contributed by atoms with Crippen molar-refractivity contribution >= 4 is 17.6 Å². The minimum absolute atomic E-state index is 0.0384. The van der Waals surface area contributed by atoms with E-state index in [2.05, 4.69) is 20.4 Å².